The van der Waals surface area contributed by atoms with Gasteiger partial charge >= 0.3 is 5.97 Å². The summed E-state index contributed by atoms with van der Waals surface area (Å²) < 4.78 is 5.36. The van der Waals surface area contributed by atoms with E-state index in [-0.39, 0.29) is 12.4 Å². The van der Waals surface area contributed by atoms with Gasteiger partial charge in [0, 0.05) is 16.1 Å². The molecule has 0 aliphatic heterocycles. The fraction of sp³-hybridized carbons (Fsp3) is 0.0476. The van der Waals surface area contributed by atoms with Crippen molar-refractivity contribution in [3.8, 4) is 11.1 Å². The number of benzene rings is 3. The maximum Gasteiger partial charge on any atom is 0.338 e. The van der Waals surface area contributed by atoms with E-state index in [1.54, 1.807) is 36.4 Å². The molecule has 3 aromatic rings. The van der Waals surface area contributed by atoms with Crippen molar-refractivity contribution in [3.63, 3.8) is 0 Å². The normalized spacial score (nSPS) is 11.8. The van der Waals surface area contributed by atoms with Gasteiger partial charge in [0.1, 0.15) is 6.61 Å². The summed E-state index contributed by atoms with van der Waals surface area (Å²) in [4.78, 5) is 24.7. The van der Waals surface area contributed by atoms with Crippen molar-refractivity contribution in [1.29, 1.82) is 0 Å². The number of rotatable bonds is 3. The Labute approximate surface area is 149 Å². The lowest BCUT2D eigenvalue weighted by molar-refractivity contribution is 0.0472. The Hall–Kier alpha value is -2.91. The van der Waals surface area contributed by atoms with Crippen molar-refractivity contribution < 1.29 is 14.3 Å². The number of carbonyl (C=O) groups excluding carboxylic acids is 2. The van der Waals surface area contributed by atoms with Gasteiger partial charge in [-0.05, 0) is 47.0 Å². The van der Waals surface area contributed by atoms with Gasteiger partial charge in [-0.3, -0.25) is 4.79 Å². The maximum atomic E-state index is 12.4. The van der Waals surface area contributed by atoms with Crippen LogP contribution in [0.4, 0.5) is 0 Å². The van der Waals surface area contributed by atoms with Crippen LogP contribution >= 0.6 is 11.6 Å². The van der Waals surface area contributed by atoms with Crippen molar-refractivity contribution in [2.45, 2.75) is 6.61 Å². The summed E-state index contributed by atoms with van der Waals surface area (Å²) in [5.41, 5.74) is 4.22. The van der Waals surface area contributed by atoms with Crippen LogP contribution in [0.15, 0.2) is 66.7 Å². The molecule has 0 saturated carbocycles. The molecule has 4 heteroatoms. The third kappa shape index (κ3) is 2.83. The predicted octanol–water partition coefficient (Wildman–Crippen LogP) is 4.91. The van der Waals surface area contributed by atoms with E-state index in [1.807, 2.05) is 30.3 Å². The largest absolute Gasteiger partial charge is 0.457 e. The van der Waals surface area contributed by atoms with Gasteiger partial charge in [-0.1, -0.05) is 48.0 Å². The molecule has 0 heterocycles. The number of fused-ring (bicyclic) bond motifs is 3. The summed E-state index contributed by atoms with van der Waals surface area (Å²) in [7, 11) is 0. The van der Waals surface area contributed by atoms with Crippen molar-refractivity contribution in [3.05, 3.63) is 94.0 Å². The van der Waals surface area contributed by atoms with Crippen molar-refractivity contribution in [1.82, 2.24) is 0 Å². The summed E-state index contributed by atoms with van der Waals surface area (Å²) in [6.45, 7) is 0.169. The topological polar surface area (TPSA) is 43.4 Å². The lowest BCUT2D eigenvalue weighted by Gasteiger charge is -2.07. The number of hydrogen-bond donors (Lipinski definition) is 0. The molecule has 0 radical (unpaired) electrons. The van der Waals surface area contributed by atoms with Crippen LogP contribution in [0.3, 0.4) is 0 Å². The van der Waals surface area contributed by atoms with E-state index in [9.17, 15) is 9.59 Å². The lowest BCUT2D eigenvalue weighted by atomic mass is 10.0. The highest BCUT2D eigenvalue weighted by molar-refractivity contribution is 6.30. The van der Waals surface area contributed by atoms with Gasteiger partial charge < -0.3 is 4.74 Å². The standard InChI is InChI=1S/C21H13ClO3/c22-15-8-5-13(6-9-15)12-25-21(24)14-7-10-18-19(11-14)16-3-1-2-4-17(16)20(18)23/h1-11H,12H2. The minimum absolute atomic E-state index is 0.00770. The summed E-state index contributed by atoms with van der Waals surface area (Å²) in [6.07, 6.45) is 0. The van der Waals surface area contributed by atoms with Crippen LogP contribution in [0.25, 0.3) is 11.1 Å². The minimum atomic E-state index is -0.422. The Morgan fingerprint density at radius 3 is 2.28 bits per heavy atom. The van der Waals surface area contributed by atoms with E-state index >= 15 is 0 Å². The molecule has 3 nitrogen and oxygen atoms in total. The number of esters is 1. The number of ether oxygens (including phenoxy) is 1. The first-order valence-electron chi connectivity index (χ1n) is 7.83. The first-order valence-corrected chi connectivity index (χ1v) is 8.21. The fourth-order valence-electron chi connectivity index (χ4n) is 2.97. The number of ketones is 1. The van der Waals surface area contributed by atoms with Gasteiger partial charge in [-0.2, -0.15) is 0 Å². The Morgan fingerprint density at radius 2 is 1.52 bits per heavy atom. The Bertz CT molecular complexity index is 990. The van der Waals surface area contributed by atoms with Gasteiger partial charge in [0.05, 0.1) is 5.56 Å². The van der Waals surface area contributed by atoms with Crippen LogP contribution in [0.1, 0.15) is 31.8 Å². The van der Waals surface area contributed by atoms with E-state index in [0.717, 1.165) is 16.7 Å². The molecule has 0 atom stereocenters. The zero-order valence-corrected chi connectivity index (χ0v) is 13.9. The van der Waals surface area contributed by atoms with Crippen LogP contribution in [0.2, 0.25) is 5.02 Å². The van der Waals surface area contributed by atoms with E-state index in [2.05, 4.69) is 0 Å². The summed E-state index contributed by atoms with van der Waals surface area (Å²) >= 11 is 5.84. The first-order chi connectivity index (χ1) is 12.1. The van der Waals surface area contributed by atoms with Crippen molar-refractivity contribution >= 4 is 23.4 Å². The highest BCUT2D eigenvalue weighted by atomic mass is 35.5. The SMILES string of the molecule is O=C(OCc1ccc(Cl)cc1)c1ccc2c(c1)-c1ccccc1C2=O. The van der Waals surface area contributed by atoms with Crippen LogP contribution in [-0.4, -0.2) is 11.8 Å². The van der Waals surface area contributed by atoms with Crippen LogP contribution in [0, 0.1) is 0 Å². The van der Waals surface area contributed by atoms with E-state index < -0.39 is 5.97 Å². The van der Waals surface area contributed by atoms with Crippen molar-refractivity contribution in [2.75, 3.05) is 0 Å². The lowest BCUT2D eigenvalue weighted by Crippen LogP contribution is -2.06. The molecule has 0 fully saturated rings. The van der Waals surface area contributed by atoms with Crippen molar-refractivity contribution in [2.24, 2.45) is 0 Å². The molecular formula is C21H13ClO3. The predicted molar refractivity (Wildman–Crippen MR) is 95.9 cm³/mol. The van der Waals surface area contributed by atoms with Crippen LogP contribution in [0.5, 0.6) is 0 Å². The van der Waals surface area contributed by atoms with E-state index in [0.29, 0.717) is 21.7 Å². The Kier molecular flexibility index (Phi) is 3.86. The molecule has 4 rings (SSSR count). The molecule has 3 aromatic carbocycles. The smallest absolute Gasteiger partial charge is 0.338 e. The molecule has 0 saturated heterocycles. The minimum Gasteiger partial charge on any atom is -0.457 e. The second-order valence-electron chi connectivity index (χ2n) is 5.84. The Balaban J connectivity index is 1.57. The van der Waals surface area contributed by atoms with Gasteiger partial charge in [0.2, 0.25) is 0 Å². The summed E-state index contributed by atoms with van der Waals surface area (Å²) in [5, 5.41) is 0.636. The van der Waals surface area contributed by atoms with Crippen LogP contribution < -0.4 is 0 Å². The Morgan fingerprint density at radius 1 is 0.840 bits per heavy atom. The van der Waals surface area contributed by atoms with Gasteiger partial charge in [-0.15, -0.1) is 0 Å². The molecule has 0 amide bonds. The third-order valence-electron chi connectivity index (χ3n) is 4.24. The number of halogens is 1. The van der Waals surface area contributed by atoms with E-state index in [4.69, 9.17) is 16.3 Å². The molecule has 0 bridgehead atoms. The maximum absolute atomic E-state index is 12.4. The van der Waals surface area contributed by atoms with Crippen LogP contribution in [-0.2, 0) is 11.3 Å². The fourth-order valence-corrected chi connectivity index (χ4v) is 3.09. The second-order valence-corrected chi connectivity index (χ2v) is 6.27. The van der Waals surface area contributed by atoms with E-state index in [1.165, 1.54) is 0 Å². The zero-order valence-electron chi connectivity index (χ0n) is 13.2. The number of hydrogen-bond acceptors (Lipinski definition) is 3. The molecule has 25 heavy (non-hydrogen) atoms. The zero-order chi connectivity index (χ0) is 17.4. The molecule has 0 N–H and O–H groups in total. The van der Waals surface area contributed by atoms with Gasteiger partial charge in [0.25, 0.3) is 0 Å². The summed E-state index contributed by atoms with van der Waals surface area (Å²) in [6, 6.07) is 19.6. The summed E-state index contributed by atoms with van der Waals surface area (Å²) in [5.74, 6) is -0.429. The molecule has 122 valence electrons. The number of carbonyl (C=O) groups is 2. The molecule has 0 spiro atoms. The highest BCUT2D eigenvalue weighted by Gasteiger charge is 2.27. The second kappa shape index (κ2) is 6.19. The van der Waals surface area contributed by atoms with Gasteiger partial charge in [0.15, 0.2) is 5.78 Å². The molecule has 0 aromatic heterocycles. The average Bonchev–Trinajstić information content (AvgIpc) is 2.93. The first kappa shape index (κ1) is 15.6. The average molecular weight is 349 g/mol. The molecule has 1 aliphatic carbocycles. The molecule has 1 aliphatic rings. The quantitative estimate of drug-likeness (QED) is 0.494. The highest BCUT2D eigenvalue weighted by Crippen LogP contribution is 2.36. The molecular weight excluding hydrogens is 336 g/mol. The van der Waals surface area contributed by atoms with Gasteiger partial charge in [-0.25, -0.2) is 4.79 Å². The monoisotopic (exact) mass is 348 g/mol. The molecule has 0 unspecified atom stereocenters. The third-order valence-corrected chi connectivity index (χ3v) is 4.50.